The molecule has 108 valence electrons. The van der Waals surface area contributed by atoms with E-state index in [0.717, 1.165) is 18.2 Å². The van der Waals surface area contributed by atoms with Gasteiger partial charge in [0.05, 0.1) is 11.3 Å². The van der Waals surface area contributed by atoms with Crippen LogP contribution in [0.1, 0.15) is 20.7 Å². The van der Waals surface area contributed by atoms with Gasteiger partial charge in [0, 0.05) is 0 Å². The number of nitrogens with one attached hydrogen (secondary N) is 1. The van der Waals surface area contributed by atoms with Gasteiger partial charge in [0.25, 0.3) is 5.91 Å². The quantitative estimate of drug-likeness (QED) is 0.693. The molecular formula is C14H10FNO5. The zero-order chi connectivity index (χ0) is 15.6. The summed E-state index contributed by atoms with van der Waals surface area (Å²) in [6, 6.07) is 6.53. The molecule has 21 heavy (non-hydrogen) atoms. The molecule has 2 aromatic carbocycles. The first-order chi connectivity index (χ1) is 9.90. The number of carboxylic acids is 1. The summed E-state index contributed by atoms with van der Waals surface area (Å²) in [5.41, 5.74) is -1.01. The number of hydrogen-bond donors (Lipinski definition) is 4. The van der Waals surface area contributed by atoms with E-state index >= 15 is 0 Å². The number of phenolic OH excluding ortho intramolecular Hbond substituents is 2. The lowest BCUT2D eigenvalue weighted by Gasteiger charge is -2.10. The van der Waals surface area contributed by atoms with Crippen LogP contribution in [0.3, 0.4) is 0 Å². The summed E-state index contributed by atoms with van der Waals surface area (Å²) in [6.07, 6.45) is 0. The van der Waals surface area contributed by atoms with Gasteiger partial charge < -0.3 is 20.6 Å². The van der Waals surface area contributed by atoms with Crippen LogP contribution in [0.2, 0.25) is 0 Å². The maximum atomic E-state index is 13.0. The van der Waals surface area contributed by atoms with Crippen molar-refractivity contribution < 1.29 is 29.3 Å². The Hall–Kier alpha value is -3.09. The molecule has 0 radical (unpaired) electrons. The van der Waals surface area contributed by atoms with E-state index in [0.29, 0.717) is 0 Å². The van der Waals surface area contributed by atoms with Gasteiger partial charge in [0.15, 0.2) is 0 Å². The second-order valence-electron chi connectivity index (χ2n) is 4.12. The second-order valence-corrected chi connectivity index (χ2v) is 4.12. The van der Waals surface area contributed by atoms with Crippen LogP contribution in [0.4, 0.5) is 10.1 Å². The van der Waals surface area contributed by atoms with E-state index in [1.54, 1.807) is 0 Å². The number of carbonyl (C=O) groups is 2. The maximum absolute atomic E-state index is 13.0. The van der Waals surface area contributed by atoms with Crippen molar-refractivity contribution in [2.45, 2.75) is 0 Å². The smallest absolute Gasteiger partial charge is 0.337 e. The van der Waals surface area contributed by atoms with E-state index in [1.165, 1.54) is 18.2 Å². The molecule has 2 rings (SSSR count). The van der Waals surface area contributed by atoms with Gasteiger partial charge in [-0.1, -0.05) is 6.07 Å². The summed E-state index contributed by atoms with van der Waals surface area (Å²) in [7, 11) is 0. The maximum Gasteiger partial charge on any atom is 0.337 e. The van der Waals surface area contributed by atoms with Crippen LogP contribution >= 0.6 is 0 Å². The van der Waals surface area contributed by atoms with E-state index in [2.05, 4.69) is 5.32 Å². The van der Waals surface area contributed by atoms with Crippen molar-refractivity contribution in [3.8, 4) is 11.5 Å². The minimum absolute atomic E-state index is 0.156. The van der Waals surface area contributed by atoms with Crippen LogP contribution < -0.4 is 5.32 Å². The van der Waals surface area contributed by atoms with Crippen molar-refractivity contribution in [3.63, 3.8) is 0 Å². The molecule has 2 aromatic rings. The molecule has 0 fully saturated rings. The Kier molecular flexibility index (Phi) is 3.75. The Morgan fingerprint density at radius 1 is 1.05 bits per heavy atom. The zero-order valence-electron chi connectivity index (χ0n) is 10.5. The van der Waals surface area contributed by atoms with Crippen LogP contribution in [-0.2, 0) is 0 Å². The van der Waals surface area contributed by atoms with Crippen LogP contribution in [-0.4, -0.2) is 27.2 Å². The monoisotopic (exact) mass is 291 g/mol. The van der Waals surface area contributed by atoms with Gasteiger partial charge in [-0.15, -0.1) is 0 Å². The predicted octanol–water partition coefficient (Wildman–Crippen LogP) is 2.19. The molecule has 0 spiro atoms. The molecule has 0 aliphatic heterocycles. The van der Waals surface area contributed by atoms with Gasteiger partial charge >= 0.3 is 5.97 Å². The second kappa shape index (κ2) is 5.49. The van der Waals surface area contributed by atoms with Crippen molar-refractivity contribution >= 4 is 17.6 Å². The third-order valence-corrected chi connectivity index (χ3v) is 2.71. The summed E-state index contributed by atoms with van der Waals surface area (Å²) in [4.78, 5) is 23.0. The van der Waals surface area contributed by atoms with Gasteiger partial charge in [-0.2, -0.15) is 0 Å². The molecule has 7 heteroatoms. The lowest BCUT2D eigenvalue weighted by Crippen LogP contribution is -2.15. The first kappa shape index (κ1) is 14.3. The van der Waals surface area contributed by atoms with Gasteiger partial charge in [0.2, 0.25) is 0 Å². The molecule has 6 nitrogen and oxygen atoms in total. The summed E-state index contributed by atoms with van der Waals surface area (Å²) in [6.45, 7) is 0. The molecule has 0 aliphatic carbocycles. The molecule has 0 aromatic heterocycles. The van der Waals surface area contributed by atoms with E-state index in [9.17, 15) is 24.2 Å². The molecule has 0 bridgehead atoms. The molecule has 4 N–H and O–H groups in total. The number of aromatic carboxylic acids is 1. The first-order valence-corrected chi connectivity index (χ1v) is 5.75. The highest BCUT2D eigenvalue weighted by Crippen LogP contribution is 2.28. The minimum Gasteiger partial charge on any atom is -0.507 e. The number of rotatable bonds is 3. The fourth-order valence-electron chi connectivity index (χ4n) is 1.75. The Bertz CT molecular complexity index is 709. The zero-order valence-corrected chi connectivity index (χ0v) is 10.5. The number of phenols is 2. The molecule has 1 amide bonds. The summed E-state index contributed by atoms with van der Waals surface area (Å²) in [5.74, 6) is -4.04. The normalized spacial score (nSPS) is 10.1. The summed E-state index contributed by atoms with van der Waals surface area (Å²) >= 11 is 0. The van der Waals surface area contributed by atoms with Crippen LogP contribution in [0, 0.1) is 5.82 Å². The number of anilines is 1. The van der Waals surface area contributed by atoms with Gasteiger partial charge in [0.1, 0.15) is 22.9 Å². The molecule has 0 saturated heterocycles. The molecule has 0 unspecified atom stereocenters. The minimum atomic E-state index is -1.42. The van der Waals surface area contributed by atoms with Gasteiger partial charge in [-0.25, -0.2) is 9.18 Å². The number of aromatic hydroxyl groups is 2. The van der Waals surface area contributed by atoms with Crippen molar-refractivity contribution in [2.24, 2.45) is 0 Å². The van der Waals surface area contributed by atoms with Crippen LogP contribution in [0.5, 0.6) is 11.5 Å². The standard InChI is InChI=1S/C14H10FNO5/c15-7-4-5-9(8(6-7)14(20)21)16-13(19)12-10(17)2-1-3-11(12)18/h1-6,17-18H,(H,16,19)(H,20,21). The number of hydrogen-bond acceptors (Lipinski definition) is 4. The van der Waals surface area contributed by atoms with Crippen LogP contribution in [0.25, 0.3) is 0 Å². The van der Waals surface area contributed by atoms with Gasteiger partial charge in [-0.05, 0) is 30.3 Å². The largest absolute Gasteiger partial charge is 0.507 e. The van der Waals surface area contributed by atoms with Crippen LogP contribution in [0.15, 0.2) is 36.4 Å². The van der Waals surface area contributed by atoms with Gasteiger partial charge in [-0.3, -0.25) is 4.79 Å². The Morgan fingerprint density at radius 3 is 2.24 bits per heavy atom. The number of carboxylic acid groups (broad SMARTS) is 1. The highest BCUT2D eigenvalue weighted by molar-refractivity contribution is 6.10. The number of halogens is 1. The summed E-state index contributed by atoms with van der Waals surface area (Å²) in [5, 5.41) is 30.3. The third-order valence-electron chi connectivity index (χ3n) is 2.71. The molecule has 0 saturated carbocycles. The van der Waals surface area contributed by atoms with Crippen molar-refractivity contribution in [1.82, 2.24) is 0 Å². The van der Waals surface area contributed by atoms with E-state index in [4.69, 9.17) is 5.11 Å². The Balaban J connectivity index is 2.39. The molecule has 0 atom stereocenters. The lowest BCUT2D eigenvalue weighted by atomic mass is 10.1. The van der Waals surface area contributed by atoms with Crippen molar-refractivity contribution in [1.29, 1.82) is 0 Å². The Labute approximate surface area is 118 Å². The van der Waals surface area contributed by atoms with E-state index in [1.807, 2.05) is 0 Å². The van der Waals surface area contributed by atoms with Crippen molar-refractivity contribution in [2.75, 3.05) is 5.32 Å². The highest BCUT2D eigenvalue weighted by Gasteiger charge is 2.19. The average Bonchev–Trinajstić information content (AvgIpc) is 2.40. The fraction of sp³-hybridized carbons (Fsp3) is 0. The molecule has 0 aliphatic rings. The highest BCUT2D eigenvalue weighted by atomic mass is 19.1. The molecular weight excluding hydrogens is 281 g/mol. The average molecular weight is 291 g/mol. The lowest BCUT2D eigenvalue weighted by molar-refractivity contribution is 0.0697. The SMILES string of the molecule is O=C(O)c1cc(F)ccc1NC(=O)c1c(O)cccc1O. The number of benzene rings is 2. The number of amides is 1. The third kappa shape index (κ3) is 2.92. The van der Waals surface area contributed by atoms with E-state index < -0.39 is 40.3 Å². The van der Waals surface area contributed by atoms with E-state index in [-0.39, 0.29) is 5.69 Å². The fourth-order valence-corrected chi connectivity index (χ4v) is 1.75. The van der Waals surface area contributed by atoms with Crippen molar-refractivity contribution in [3.05, 3.63) is 53.3 Å². The summed E-state index contributed by atoms with van der Waals surface area (Å²) < 4.78 is 13.0. The Morgan fingerprint density at radius 2 is 1.67 bits per heavy atom. The predicted molar refractivity (Wildman–Crippen MR) is 71.1 cm³/mol. The molecule has 0 heterocycles. The first-order valence-electron chi connectivity index (χ1n) is 5.75. The number of carbonyl (C=O) groups excluding carboxylic acids is 1. The topological polar surface area (TPSA) is 107 Å².